The van der Waals surface area contributed by atoms with Crippen LogP contribution >= 0.6 is 23.2 Å². The zero-order valence-electron chi connectivity index (χ0n) is 33.8. The highest BCUT2D eigenvalue weighted by Crippen LogP contribution is 2.46. The second kappa shape index (κ2) is 16.2. The normalized spacial score (nSPS) is 14.3. The number of amides is 1. The van der Waals surface area contributed by atoms with Crippen molar-refractivity contribution in [3.8, 4) is 16.9 Å². The zero-order chi connectivity index (χ0) is 40.9. The molecule has 0 fully saturated rings. The van der Waals surface area contributed by atoms with Gasteiger partial charge in [-0.1, -0.05) is 29.3 Å². The highest BCUT2D eigenvalue weighted by molar-refractivity contribution is 6.35. The Labute approximate surface area is 342 Å². The van der Waals surface area contributed by atoms with Crippen LogP contribution in [0.2, 0.25) is 10.0 Å². The number of benzene rings is 3. The number of fused-ring (bicyclic) bond motifs is 4. The molecular weight excluding hydrogens is 765 g/mol. The first-order valence-corrected chi connectivity index (χ1v) is 20.0. The number of carboxylic acids is 1. The monoisotopic (exact) mass is 813 g/mol. The summed E-state index contributed by atoms with van der Waals surface area (Å²) < 4.78 is 22.9. The Balaban J connectivity index is 1.37. The molecule has 0 saturated heterocycles. The molecule has 0 saturated carbocycles. The van der Waals surface area contributed by atoms with E-state index < -0.39 is 5.97 Å². The number of aromatic nitrogens is 4. The highest BCUT2D eigenvalue weighted by Gasteiger charge is 2.38. The molecule has 3 aromatic carbocycles. The number of carbonyl (C=O) groups excluding carboxylic acids is 1. The smallest absolute Gasteiger partial charge is 0.352 e. The fourth-order valence-corrected chi connectivity index (χ4v) is 8.85. The lowest BCUT2D eigenvalue weighted by Crippen LogP contribution is -2.43. The van der Waals surface area contributed by atoms with E-state index in [1.165, 1.54) is 0 Å². The number of rotatable bonds is 14. The minimum atomic E-state index is -1.05. The van der Waals surface area contributed by atoms with Gasteiger partial charge in [-0.2, -0.15) is 5.10 Å². The molecule has 0 radical (unpaired) electrons. The topological polar surface area (TPSA) is 113 Å². The number of aryl methyl sites for hydroxylation is 6. The number of carboxylic acid groups (broad SMARTS) is 1. The van der Waals surface area contributed by atoms with Crippen LogP contribution in [-0.2, 0) is 29.5 Å². The molecule has 7 rings (SSSR count). The number of hydrogen-bond acceptors (Lipinski definition) is 6. The first-order chi connectivity index (χ1) is 27.2. The third-order valence-electron chi connectivity index (χ3n) is 11.1. The average molecular weight is 815 g/mol. The maximum atomic E-state index is 15.4. The first-order valence-electron chi connectivity index (χ1n) is 19.2. The molecule has 1 atom stereocenters. The Morgan fingerprint density at radius 3 is 2.35 bits per heavy atom. The van der Waals surface area contributed by atoms with E-state index >= 15 is 4.79 Å². The molecule has 0 aliphatic carbocycles. The highest BCUT2D eigenvalue weighted by atomic mass is 35.5. The maximum absolute atomic E-state index is 15.4. The van der Waals surface area contributed by atoms with Crippen LogP contribution < -0.4 is 9.64 Å². The van der Waals surface area contributed by atoms with E-state index in [2.05, 4.69) is 11.5 Å². The molecule has 0 unspecified atom stereocenters. The second-order valence-corrected chi connectivity index (χ2v) is 15.9. The molecular formula is C44H49Cl2N5O6. The molecule has 6 aromatic rings. The van der Waals surface area contributed by atoms with Gasteiger partial charge in [-0.15, -0.1) is 0 Å². The van der Waals surface area contributed by atoms with Crippen molar-refractivity contribution in [3.63, 3.8) is 0 Å². The van der Waals surface area contributed by atoms with Crippen molar-refractivity contribution in [3.05, 3.63) is 97.5 Å². The van der Waals surface area contributed by atoms with Crippen LogP contribution in [0.25, 0.3) is 32.9 Å². The largest absolute Gasteiger partial charge is 0.494 e. The lowest BCUT2D eigenvalue weighted by molar-refractivity contribution is 0.0632. The van der Waals surface area contributed by atoms with E-state index in [4.69, 9.17) is 42.5 Å². The summed E-state index contributed by atoms with van der Waals surface area (Å²) in [6.45, 7) is 14.2. The Morgan fingerprint density at radius 2 is 1.68 bits per heavy atom. The molecule has 0 spiro atoms. The van der Waals surface area contributed by atoms with E-state index in [1.807, 2.05) is 87.6 Å². The van der Waals surface area contributed by atoms with Gasteiger partial charge in [-0.3, -0.25) is 9.48 Å². The van der Waals surface area contributed by atoms with Gasteiger partial charge < -0.3 is 33.4 Å². The van der Waals surface area contributed by atoms with Gasteiger partial charge in [0.1, 0.15) is 17.1 Å². The molecule has 1 N–H and O–H groups in total. The fraction of sp³-hybridized carbons (Fsp3) is 0.386. The summed E-state index contributed by atoms with van der Waals surface area (Å²) in [5, 5.41) is 18.1. The Hall–Kier alpha value is -4.81. The summed E-state index contributed by atoms with van der Waals surface area (Å²) in [6.07, 6.45) is 1.20. The van der Waals surface area contributed by atoms with Crippen molar-refractivity contribution in [1.82, 2.24) is 18.9 Å². The SMILES string of the molecule is COCCOCCn1c(C(=O)O)cc2cc(C)cc(N3C[C@@H](C)n4c(c(CCCOc5cc(C)c(Cl)c(C)c5)c5ccc(Cl)c(-c6c(C)nn(C)c6C)c54)C3=O)c21. The minimum absolute atomic E-state index is 0.132. The van der Waals surface area contributed by atoms with Gasteiger partial charge in [-0.05, 0) is 113 Å². The number of carbonyl (C=O) groups is 2. The first kappa shape index (κ1) is 40.4. The molecule has 0 bridgehead atoms. The zero-order valence-corrected chi connectivity index (χ0v) is 35.3. The van der Waals surface area contributed by atoms with E-state index in [-0.39, 0.29) is 30.8 Å². The summed E-state index contributed by atoms with van der Waals surface area (Å²) in [4.78, 5) is 29.8. The third kappa shape index (κ3) is 7.31. The Bertz CT molecular complexity index is 2530. The summed E-state index contributed by atoms with van der Waals surface area (Å²) in [5.41, 5.74) is 10.3. The number of anilines is 1. The van der Waals surface area contributed by atoms with Crippen molar-refractivity contribution in [2.45, 2.75) is 67.0 Å². The summed E-state index contributed by atoms with van der Waals surface area (Å²) in [7, 11) is 3.53. The second-order valence-electron chi connectivity index (χ2n) is 15.1. The van der Waals surface area contributed by atoms with Crippen LogP contribution in [0.4, 0.5) is 5.69 Å². The Kier molecular flexibility index (Phi) is 11.5. The molecule has 4 heterocycles. The lowest BCUT2D eigenvalue weighted by Gasteiger charge is -2.35. The van der Waals surface area contributed by atoms with Gasteiger partial charge in [0.25, 0.3) is 5.91 Å². The van der Waals surface area contributed by atoms with Crippen molar-refractivity contribution < 1.29 is 28.9 Å². The van der Waals surface area contributed by atoms with Crippen LogP contribution in [0.3, 0.4) is 0 Å². The summed E-state index contributed by atoms with van der Waals surface area (Å²) in [5.74, 6) is -0.468. The van der Waals surface area contributed by atoms with Crippen molar-refractivity contribution >= 4 is 62.6 Å². The third-order valence-corrected chi connectivity index (χ3v) is 12.0. The quantitative estimate of drug-likeness (QED) is 0.109. The molecule has 1 aliphatic rings. The number of ether oxygens (including phenoxy) is 3. The van der Waals surface area contributed by atoms with Crippen molar-refractivity contribution in [2.75, 3.05) is 45.0 Å². The average Bonchev–Trinajstić information content (AvgIpc) is 3.78. The molecule has 1 aliphatic heterocycles. The van der Waals surface area contributed by atoms with E-state index in [0.29, 0.717) is 61.1 Å². The number of aromatic carboxylic acids is 1. The molecule has 1 amide bonds. The Morgan fingerprint density at radius 1 is 0.947 bits per heavy atom. The molecule has 3 aromatic heterocycles. The van der Waals surface area contributed by atoms with E-state index in [9.17, 15) is 9.90 Å². The van der Waals surface area contributed by atoms with Gasteiger partial charge in [-0.25, -0.2) is 4.79 Å². The van der Waals surface area contributed by atoms with Crippen LogP contribution in [0.15, 0.2) is 42.5 Å². The number of nitrogens with zero attached hydrogens (tertiary/aromatic N) is 5. The predicted molar refractivity (Wildman–Crippen MR) is 226 cm³/mol. The molecule has 11 nitrogen and oxygen atoms in total. The van der Waals surface area contributed by atoms with Crippen LogP contribution in [-0.4, -0.2) is 76.0 Å². The number of halogens is 2. The molecule has 300 valence electrons. The van der Waals surface area contributed by atoms with Gasteiger partial charge in [0.2, 0.25) is 0 Å². The number of hydrogen-bond donors (Lipinski definition) is 1. The van der Waals surface area contributed by atoms with Crippen molar-refractivity contribution in [2.24, 2.45) is 7.05 Å². The minimum Gasteiger partial charge on any atom is -0.494 e. The van der Waals surface area contributed by atoms with E-state index in [1.54, 1.807) is 17.7 Å². The van der Waals surface area contributed by atoms with Crippen LogP contribution in [0.1, 0.15) is 74.0 Å². The molecule has 13 heteroatoms. The summed E-state index contributed by atoms with van der Waals surface area (Å²) >= 11 is 13.6. The lowest BCUT2D eigenvalue weighted by atomic mass is 9.98. The fourth-order valence-electron chi connectivity index (χ4n) is 8.49. The maximum Gasteiger partial charge on any atom is 0.352 e. The van der Waals surface area contributed by atoms with Gasteiger partial charge >= 0.3 is 5.97 Å². The molecule has 57 heavy (non-hydrogen) atoms. The van der Waals surface area contributed by atoms with Crippen LogP contribution in [0, 0.1) is 34.6 Å². The van der Waals surface area contributed by atoms with Gasteiger partial charge in [0.05, 0.1) is 53.9 Å². The standard InChI is InChI=1S/C44H49Cl2N5O6/c1-24-18-30-22-36(44(53)54)49(13-15-56-17-16-55-8)40(30)35(19-24)50-23-27(4)51-41-33(11-12-34(45)38(41)37-28(5)47-48(7)29(37)6)32(42(51)43(50)52)10-9-14-57-31-20-25(2)39(46)26(3)21-31/h11-12,18-22,27H,9-10,13-17,23H2,1-8H3,(H,53,54)/t27-/m1/s1. The van der Waals surface area contributed by atoms with E-state index in [0.717, 1.165) is 71.8 Å². The van der Waals surface area contributed by atoms with Crippen molar-refractivity contribution in [1.29, 1.82) is 0 Å². The van der Waals surface area contributed by atoms with Crippen LogP contribution in [0.5, 0.6) is 5.75 Å². The summed E-state index contributed by atoms with van der Waals surface area (Å²) in [6, 6.07) is 13.3. The number of methoxy groups -OCH3 is 1. The van der Waals surface area contributed by atoms with Gasteiger partial charge in [0, 0.05) is 65.9 Å². The van der Waals surface area contributed by atoms with Gasteiger partial charge in [0.15, 0.2) is 0 Å². The predicted octanol–water partition coefficient (Wildman–Crippen LogP) is 9.44.